The van der Waals surface area contributed by atoms with E-state index in [9.17, 15) is 9.59 Å². The molecule has 1 heterocycles. The average Bonchev–Trinajstić information content (AvgIpc) is 2.89. The van der Waals surface area contributed by atoms with Crippen LogP contribution in [-0.2, 0) is 6.54 Å². The molecular weight excluding hydrogens is 456 g/mol. The van der Waals surface area contributed by atoms with Crippen molar-refractivity contribution in [3.63, 3.8) is 0 Å². The molecule has 0 saturated carbocycles. The van der Waals surface area contributed by atoms with Crippen LogP contribution in [0.5, 0.6) is 11.5 Å². The van der Waals surface area contributed by atoms with Crippen LogP contribution in [0, 0.1) is 0 Å². The van der Waals surface area contributed by atoms with E-state index in [1.54, 1.807) is 44.6 Å². The number of methoxy groups -OCH3 is 2. The molecule has 0 aliphatic rings. The third kappa shape index (κ3) is 5.28. The fourth-order valence-corrected chi connectivity index (χ4v) is 4.22. The molecule has 0 spiro atoms. The number of anilines is 1. The maximum absolute atomic E-state index is 13.7. The van der Waals surface area contributed by atoms with Crippen molar-refractivity contribution in [3.05, 3.63) is 75.9 Å². The van der Waals surface area contributed by atoms with E-state index in [2.05, 4.69) is 20.5 Å². The summed E-state index contributed by atoms with van der Waals surface area (Å²) in [5, 5.41) is 7.29. The summed E-state index contributed by atoms with van der Waals surface area (Å²) in [5.74, 6) is 1.09. The number of H-pyrrole nitrogens is 1. The first kappa shape index (κ1) is 25.1. The number of aromatic nitrogens is 1. The molecule has 3 aromatic carbocycles. The van der Waals surface area contributed by atoms with E-state index in [1.165, 1.54) is 0 Å². The van der Waals surface area contributed by atoms with Crippen LogP contribution in [0.25, 0.3) is 21.8 Å². The first-order valence-corrected chi connectivity index (χ1v) is 11.9. The molecule has 0 bridgehead atoms. The maximum Gasteiger partial charge on any atom is 0.253 e. The Morgan fingerprint density at radius 1 is 0.972 bits per heavy atom. The molecule has 0 atom stereocenters. The fourth-order valence-electron chi connectivity index (χ4n) is 4.22. The highest BCUT2D eigenvalue weighted by molar-refractivity contribution is 6.11. The van der Waals surface area contributed by atoms with Gasteiger partial charge in [0.1, 0.15) is 11.5 Å². The van der Waals surface area contributed by atoms with Crippen LogP contribution in [-0.4, -0.2) is 57.2 Å². The molecule has 3 N–H and O–H groups in total. The zero-order valence-corrected chi connectivity index (χ0v) is 21.1. The maximum atomic E-state index is 13.7. The third-order valence-corrected chi connectivity index (χ3v) is 6.13. The standard InChI is InChI=1S/C28H32N4O4/c1-32(2)16-6-15-29-28(34)21-13-14-22(30-17-18-9-11-19(35-3)12-10-18)24-26(21)31-25-20(27(24)33)7-5-8-23(25)36-4/h5,7-14,30H,6,15-17H2,1-4H3,(H,29,34)(H,31,33). The quantitative estimate of drug-likeness (QED) is 0.231. The van der Waals surface area contributed by atoms with E-state index in [-0.39, 0.29) is 11.3 Å². The molecule has 0 unspecified atom stereocenters. The van der Waals surface area contributed by atoms with Crippen LogP contribution < -0.4 is 25.5 Å². The Kier molecular flexibility index (Phi) is 7.75. The number of hydrogen-bond acceptors (Lipinski definition) is 6. The summed E-state index contributed by atoms with van der Waals surface area (Å²) in [7, 11) is 7.18. The second kappa shape index (κ2) is 11.1. The van der Waals surface area contributed by atoms with E-state index < -0.39 is 0 Å². The number of pyridine rings is 1. The number of carbonyl (C=O) groups excluding carboxylic acids is 1. The van der Waals surface area contributed by atoms with Crippen LogP contribution in [0.4, 0.5) is 5.69 Å². The lowest BCUT2D eigenvalue weighted by Gasteiger charge is -2.15. The van der Waals surface area contributed by atoms with Crippen molar-refractivity contribution in [3.8, 4) is 11.5 Å². The lowest BCUT2D eigenvalue weighted by molar-refractivity contribution is 0.0954. The SMILES string of the molecule is COc1ccc(CNc2ccc(C(=O)NCCCN(C)C)c3[nH]c4c(OC)cccc4c(=O)c23)cc1. The zero-order valence-electron chi connectivity index (χ0n) is 21.1. The van der Waals surface area contributed by atoms with Crippen molar-refractivity contribution >= 4 is 33.4 Å². The molecule has 0 aliphatic heterocycles. The number of nitrogens with one attached hydrogen (secondary N) is 3. The van der Waals surface area contributed by atoms with Crippen LogP contribution in [0.3, 0.4) is 0 Å². The number of hydrogen-bond donors (Lipinski definition) is 3. The van der Waals surface area contributed by atoms with Gasteiger partial charge in [0.05, 0.1) is 36.2 Å². The molecule has 188 valence electrons. The Labute approximate surface area is 210 Å². The minimum atomic E-state index is -0.231. The van der Waals surface area contributed by atoms with Crippen molar-refractivity contribution in [2.24, 2.45) is 0 Å². The van der Waals surface area contributed by atoms with Crippen LogP contribution in [0.15, 0.2) is 59.4 Å². The van der Waals surface area contributed by atoms with E-state index in [1.807, 2.05) is 38.4 Å². The molecule has 1 aromatic heterocycles. The number of amides is 1. The van der Waals surface area contributed by atoms with Gasteiger partial charge >= 0.3 is 0 Å². The Balaban J connectivity index is 1.76. The number of ether oxygens (including phenoxy) is 2. The monoisotopic (exact) mass is 488 g/mol. The summed E-state index contributed by atoms with van der Waals surface area (Å²) in [6.45, 7) is 1.91. The molecule has 4 aromatic rings. The highest BCUT2D eigenvalue weighted by atomic mass is 16.5. The smallest absolute Gasteiger partial charge is 0.253 e. The molecule has 0 fully saturated rings. The Morgan fingerprint density at radius 3 is 2.44 bits per heavy atom. The van der Waals surface area contributed by atoms with E-state index in [4.69, 9.17) is 9.47 Å². The summed E-state index contributed by atoms with van der Waals surface area (Å²) in [4.78, 5) is 32.3. The van der Waals surface area contributed by atoms with Gasteiger partial charge in [-0.25, -0.2) is 0 Å². The summed E-state index contributed by atoms with van der Waals surface area (Å²) >= 11 is 0. The fraction of sp³-hybridized carbons (Fsp3) is 0.286. The van der Waals surface area contributed by atoms with Gasteiger partial charge in [0.25, 0.3) is 5.91 Å². The third-order valence-electron chi connectivity index (χ3n) is 6.13. The lowest BCUT2D eigenvalue weighted by Crippen LogP contribution is -2.27. The summed E-state index contributed by atoms with van der Waals surface area (Å²) in [6, 6.07) is 16.6. The number of carbonyl (C=O) groups is 1. The Hall–Kier alpha value is -4.04. The lowest BCUT2D eigenvalue weighted by atomic mass is 10.0. The first-order chi connectivity index (χ1) is 17.4. The zero-order chi connectivity index (χ0) is 25.7. The molecule has 0 aliphatic carbocycles. The van der Waals surface area contributed by atoms with Gasteiger partial charge in [0, 0.05) is 24.2 Å². The van der Waals surface area contributed by atoms with E-state index in [0.29, 0.717) is 51.9 Å². The predicted octanol–water partition coefficient (Wildman–Crippen LogP) is 3.99. The average molecular weight is 489 g/mol. The van der Waals surface area contributed by atoms with Crippen molar-refractivity contribution < 1.29 is 14.3 Å². The molecule has 36 heavy (non-hydrogen) atoms. The molecule has 0 radical (unpaired) electrons. The number of nitrogens with zero attached hydrogens (tertiary/aromatic N) is 1. The summed E-state index contributed by atoms with van der Waals surface area (Å²) in [5.41, 5.74) is 2.96. The van der Waals surface area contributed by atoms with Gasteiger partial charge in [-0.1, -0.05) is 18.2 Å². The normalized spacial score (nSPS) is 11.1. The molecule has 8 nitrogen and oxygen atoms in total. The van der Waals surface area contributed by atoms with Gasteiger partial charge < -0.3 is 30.0 Å². The van der Waals surface area contributed by atoms with Gasteiger partial charge in [-0.05, 0) is 69.0 Å². The highest BCUT2D eigenvalue weighted by Crippen LogP contribution is 2.29. The van der Waals surface area contributed by atoms with Crippen molar-refractivity contribution in [1.29, 1.82) is 0 Å². The van der Waals surface area contributed by atoms with Gasteiger partial charge in [0.2, 0.25) is 0 Å². The van der Waals surface area contributed by atoms with Gasteiger partial charge in [-0.3, -0.25) is 9.59 Å². The van der Waals surface area contributed by atoms with Crippen molar-refractivity contribution in [2.45, 2.75) is 13.0 Å². The molecule has 8 heteroatoms. The van der Waals surface area contributed by atoms with Crippen LogP contribution in [0.2, 0.25) is 0 Å². The van der Waals surface area contributed by atoms with Crippen molar-refractivity contribution in [1.82, 2.24) is 15.2 Å². The predicted molar refractivity (Wildman–Crippen MR) is 144 cm³/mol. The topological polar surface area (TPSA) is 95.7 Å². The number of para-hydroxylation sites is 1. The number of rotatable bonds is 10. The first-order valence-electron chi connectivity index (χ1n) is 11.9. The van der Waals surface area contributed by atoms with Gasteiger partial charge in [-0.2, -0.15) is 0 Å². The number of fused-ring (bicyclic) bond motifs is 2. The summed E-state index contributed by atoms with van der Waals surface area (Å²) < 4.78 is 10.7. The Bertz CT molecular complexity index is 1430. The second-order valence-corrected chi connectivity index (χ2v) is 8.86. The molecule has 4 rings (SSSR count). The number of aromatic amines is 1. The van der Waals surface area contributed by atoms with E-state index >= 15 is 0 Å². The van der Waals surface area contributed by atoms with Gasteiger partial charge in [0.15, 0.2) is 5.43 Å². The van der Waals surface area contributed by atoms with Crippen LogP contribution >= 0.6 is 0 Å². The second-order valence-electron chi connectivity index (χ2n) is 8.86. The summed E-state index contributed by atoms with van der Waals surface area (Å²) in [6.07, 6.45) is 0.825. The van der Waals surface area contributed by atoms with Gasteiger partial charge in [-0.15, -0.1) is 0 Å². The minimum absolute atomic E-state index is 0.169. The minimum Gasteiger partial charge on any atom is -0.497 e. The largest absolute Gasteiger partial charge is 0.497 e. The number of benzene rings is 3. The van der Waals surface area contributed by atoms with E-state index in [0.717, 1.165) is 24.3 Å². The van der Waals surface area contributed by atoms with Crippen molar-refractivity contribution in [2.75, 3.05) is 46.7 Å². The van der Waals surface area contributed by atoms with Crippen LogP contribution in [0.1, 0.15) is 22.3 Å². The molecule has 0 saturated heterocycles. The Morgan fingerprint density at radius 2 is 1.75 bits per heavy atom. The molecular formula is C28H32N4O4. The molecule has 1 amide bonds. The highest BCUT2D eigenvalue weighted by Gasteiger charge is 2.18.